The highest BCUT2D eigenvalue weighted by molar-refractivity contribution is 4.89. The lowest BCUT2D eigenvalue weighted by Crippen LogP contribution is -2.38. The minimum Gasteiger partial charge on any atom is -0.364 e. The first-order chi connectivity index (χ1) is 7.80. The van der Waals surface area contributed by atoms with Crippen LogP contribution in [0.4, 0.5) is 0 Å². The van der Waals surface area contributed by atoms with Gasteiger partial charge in [-0.2, -0.15) is 0 Å². The molecule has 0 spiro atoms. The van der Waals surface area contributed by atoms with E-state index in [0.717, 1.165) is 5.57 Å². The Bertz CT molecular complexity index is 302. The fourth-order valence-corrected chi connectivity index (χ4v) is 1.57. The zero-order valence-electron chi connectivity index (χ0n) is 10.5. The molecule has 6 heteroatoms. The molecular formula is C11H19NO5. The number of rotatable bonds is 6. The number of hydrogen-bond donors (Lipinski definition) is 0. The first-order valence-electron chi connectivity index (χ1n) is 5.50. The minimum absolute atomic E-state index is 0.290. The van der Waals surface area contributed by atoms with Crippen LogP contribution in [0.15, 0.2) is 12.2 Å². The van der Waals surface area contributed by atoms with Gasteiger partial charge in [-0.3, -0.25) is 10.1 Å². The first kappa shape index (κ1) is 14.1. The Balaban J connectivity index is 2.56. The molecule has 98 valence electrons. The summed E-state index contributed by atoms with van der Waals surface area (Å²) in [7, 11) is 0. The molecular weight excluding hydrogens is 226 g/mol. The van der Waals surface area contributed by atoms with E-state index in [4.69, 9.17) is 14.2 Å². The summed E-state index contributed by atoms with van der Waals surface area (Å²) in [6.07, 6.45) is -1.02. The molecule has 1 aliphatic rings. The number of nitrogens with zero attached hydrogens (tertiary/aromatic N) is 1. The molecule has 1 heterocycles. The second kappa shape index (κ2) is 5.57. The highest BCUT2D eigenvalue weighted by Crippen LogP contribution is 2.25. The molecule has 17 heavy (non-hydrogen) atoms. The van der Waals surface area contributed by atoms with E-state index in [1.807, 2.05) is 0 Å². The summed E-state index contributed by atoms with van der Waals surface area (Å²) >= 11 is 0. The Morgan fingerprint density at radius 2 is 2.35 bits per heavy atom. The summed E-state index contributed by atoms with van der Waals surface area (Å²) in [5.41, 5.74) is 0.816. The maximum absolute atomic E-state index is 10.6. The van der Waals surface area contributed by atoms with Crippen LogP contribution in [-0.4, -0.2) is 42.7 Å². The molecule has 1 saturated heterocycles. The summed E-state index contributed by atoms with van der Waals surface area (Å²) in [6, 6.07) is 0. The maximum atomic E-state index is 10.6. The fraction of sp³-hybridized carbons (Fsp3) is 0.818. The Morgan fingerprint density at radius 1 is 1.71 bits per heavy atom. The molecule has 6 nitrogen and oxygen atoms in total. The smallest absolute Gasteiger partial charge is 0.232 e. The van der Waals surface area contributed by atoms with E-state index in [-0.39, 0.29) is 6.54 Å². The average Bonchev–Trinajstić information content (AvgIpc) is 2.52. The fourth-order valence-electron chi connectivity index (χ4n) is 1.57. The van der Waals surface area contributed by atoms with Crippen LogP contribution in [0.25, 0.3) is 0 Å². The molecule has 1 aliphatic heterocycles. The van der Waals surface area contributed by atoms with Crippen molar-refractivity contribution in [3.8, 4) is 0 Å². The van der Waals surface area contributed by atoms with Crippen molar-refractivity contribution >= 4 is 0 Å². The van der Waals surface area contributed by atoms with E-state index in [1.165, 1.54) is 0 Å². The van der Waals surface area contributed by atoms with E-state index in [0.29, 0.717) is 13.2 Å². The maximum Gasteiger partial charge on any atom is 0.232 e. The highest BCUT2D eigenvalue weighted by Gasteiger charge is 2.40. The van der Waals surface area contributed by atoms with Crippen molar-refractivity contribution in [2.45, 2.75) is 38.8 Å². The summed E-state index contributed by atoms with van der Waals surface area (Å²) < 4.78 is 16.4. The molecule has 1 fully saturated rings. The summed E-state index contributed by atoms with van der Waals surface area (Å²) in [4.78, 5) is 10.2. The van der Waals surface area contributed by atoms with Crippen LogP contribution in [0.1, 0.15) is 20.8 Å². The lowest BCUT2D eigenvalue weighted by atomic mass is 10.2. The molecule has 1 rings (SSSR count). The van der Waals surface area contributed by atoms with Gasteiger partial charge in [-0.25, -0.2) is 0 Å². The molecule has 2 atom stereocenters. The van der Waals surface area contributed by atoms with Crippen LogP contribution in [-0.2, 0) is 14.2 Å². The molecule has 0 saturated carbocycles. The highest BCUT2D eigenvalue weighted by atomic mass is 16.7. The predicted octanol–water partition coefficient (Wildman–Crippen LogP) is 1.38. The van der Waals surface area contributed by atoms with Gasteiger partial charge in [-0.1, -0.05) is 12.2 Å². The van der Waals surface area contributed by atoms with Gasteiger partial charge < -0.3 is 14.2 Å². The van der Waals surface area contributed by atoms with E-state index in [2.05, 4.69) is 6.58 Å². The quantitative estimate of drug-likeness (QED) is 0.401. The molecule has 0 amide bonds. The summed E-state index contributed by atoms with van der Waals surface area (Å²) in [5, 5.41) is 10.6. The second-order valence-corrected chi connectivity index (χ2v) is 4.69. The van der Waals surface area contributed by atoms with Gasteiger partial charge in [0.15, 0.2) is 11.9 Å². The van der Waals surface area contributed by atoms with E-state index >= 15 is 0 Å². The van der Waals surface area contributed by atoms with Crippen LogP contribution >= 0.6 is 0 Å². The van der Waals surface area contributed by atoms with Crippen LogP contribution in [0.3, 0.4) is 0 Å². The molecule has 0 radical (unpaired) electrons. The van der Waals surface area contributed by atoms with Crippen LogP contribution in [0, 0.1) is 10.1 Å². The van der Waals surface area contributed by atoms with Crippen LogP contribution in [0.5, 0.6) is 0 Å². The zero-order valence-corrected chi connectivity index (χ0v) is 10.5. The third kappa shape index (κ3) is 4.80. The van der Waals surface area contributed by atoms with Gasteiger partial charge in [0.25, 0.3) is 0 Å². The van der Waals surface area contributed by atoms with Gasteiger partial charge in [-0.05, 0) is 20.8 Å². The zero-order chi connectivity index (χ0) is 13.1. The van der Waals surface area contributed by atoms with Crippen molar-refractivity contribution in [1.29, 1.82) is 0 Å². The largest absolute Gasteiger partial charge is 0.364 e. The van der Waals surface area contributed by atoms with Crippen molar-refractivity contribution in [3.05, 3.63) is 22.3 Å². The van der Waals surface area contributed by atoms with Gasteiger partial charge in [-0.15, -0.1) is 0 Å². The van der Waals surface area contributed by atoms with Crippen molar-refractivity contribution in [2.24, 2.45) is 0 Å². The lowest BCUT2D eigenvalue weighted by molar-refractivity contribution is -0.494. The van der Waals surface area contributed by atoms with Crippen LogP contribution in [0.2, 0.25) is 0 Å². The van der Waals surface area contributed by atoms with Crippen molar-refractivity contribution in [3.63, 3.8) is 0 Å². The third-order valence-electron chi connectivity index (χ3n) is 2.32. The number of hydrogen-bond acceptors (Lipinski definition) is 5. The second-order valence-electron chi connectivity index (χ2n) is 4.69. The number of nitro groups is 1. The Hall–Kier alpha value is -0.980. The monoisotopic (exact) mass is 245 g/mol. The Morgan fingerprint density at radius 3 is 2.76 bits per heavy atom. The third-order valence-corrected chi connectivity index (χ3v) is 2.32. The van der Waals surface area contributed by atoms with Crippen molar-refractivity contribution in [2.75, 3.05) is 19.8 Å². The average molecular weight is 245 g/mol. The minimum atomic E-state index is -0.702. The molecule has 0 aromatic carbocycles. The lowest BCUT2D eigenvalue weighted by Gasteiger charge is -2.22. The van der Waals surface area contributed by atoms with Crippen molar-refractivity contribution in [1.82, 2.24) is 0 Å². The Labute approximate surface area is 101 Å². The molecule has 0 N–H and O–H groups in total. The van der Waals surface area contributed by atoms with Gasteiger partial charge >= 0.3 is 0 Å². The molecule has 0 bridgehead atoms. The Kier molecular flexibility index (Phi) is 4.62. The summed E-state index contributed by atoms with van der Waals surface area (Å²) in [5.74, 6) is -0.702. The van der Waals surface area contributed by atoms with Crippen molar-refractivity contribution < 1.29 is 19.1 Å². The first-order valence-corrected chi connectivity index (χ1v) is 5.50. The van der Waals surface area contributed by atoms with Gasteiger partial charge in [0.05, 0.1) is 13.2 Å². The molecule has 0 aromatic rings. The molecule has 0 aromatic heterocycles. The topological polar surface area (TPSA) is 70.8 Å². The summed E-state index contributed by atoms with van der Waals surface area (Å²) in [6.45, 7) is 9.35. The normalized spacial score (nSPS) is 24.5. The standard InChI is InChI=1S/C11H19NO5/c1-8(2)6-15-9(5-12(13)14)10-7-16-11(3,4)17-10/h9-10H,1,5-7H2,2-4H3/t9-,10+/m1/s1. The number of ether oxygens (including phenoxy) is 3. The molecule has 0 unspecified atom stereocenters. The van der Waals surface area contributed by atoms with E-state index < -0.39 is 22.9 Å². The van der Waals surface area contributed by atoms with E-state index in [1.54, 1.807) is 20.8 Å². The van der Waals surface area contributed by atoms with Gasteiger partial charge in [0.2, 0.25) is 6.54 Å². The van der Waals surface area contributed by atoms with Gasteiger partial charge in [0.1, 0.15) is 6.10 Å². The van der Waals surface area contributed by atoms with Crippen LogP contribution < -0.4 is 0 Å². The predicted molar refractivity (Wildman–Crippen MR) is 61.3 cm³/mol. The SMILES string of the molecule is C=C(C)CO[C@H](C[N+](=O)[O-])[C@@H]1COC(C)(C)O1. The van der Waals surface area contributed by atoms with Gasteiger partial charge in [0, 0.05) is 4.92 Å². The molecule has 0 aliphatic carbocycles. The van der Waals surface area contributed by atoms with E-state index in [9.17, 15) is 10.1 Å².